The van der Waals surface area contributed by atoms with Crippen LogP contribution in [0, 0.1) is 11.3 Å². The number of imidazole rings is 1. The van der Waals surface area contributed by atoms with E-state index in [2.05, 4.69) is 55.1 Å². The zero-order valence-corrected chi connectivity index (χ0v) is 17.7. The summed E-state index contributed by atoms with van der Waals surface area (Å²) >= 11 is 1.80. The number of nitrogens with two attached hydrogens (primary N) is 1. The summed E-state index contributed by atoms with van der Waals surface area (Å²) in [7, 11) is -1.40. The van der Waals surface area contributed by atoms with Crippen LogP contribution in [0.25, 0.3) is 11.2 Å². The minimum Gasteiger partial charge on any atom is -0.382 e. The summed E-state index contributed by atoms with van der Waals surface area (Å²) in [6, 6.07) is 0. The Morgan fingerprint density at radius 2 is 2.08 bits per heavy atom. The number of thioether (sulfide) groups is 1. The third-order valence-electron chi connectivity index (χ3n) is 4.43. The van der Waals surface area contributed by atoms with Gasteiger partial charge in [0.05, 0.1) is 12.0 Å². The lowest BCUT2D eigenvalue weighted by Crippen LogP contribution is -2.67. The largest absolute Gasteiger partial charge is 0.382 e. The van der Waals surface area contributed by atoms with Crippen LogP contribution in [0.1, 0.15) is 20.8 Å². The van der Waals surface area contributed by atoms with Crippen molar-refractivity contribution >= 4 is 37.8 Å². The van der Waals surface area contributed by atoms with Crippen molar-refractivity contribution in [2.45, 2.75) is 45.9 Å². The Morgan fingerprint density at radius 3 is 2.68 bits per heavy atom. The van der Waals surface area contributed by atoms with E-state index in [-0.39, 0.29) is 17.4 Å². The molecule has 9 heteroatoms. The first kappa shape index (κ1) is 18.6. The summed E-state index contributed by atoms with van der Waals surface area (Å²) in [5, 5.41) is 0. The third kappa shape index (κ3) is 3.07. The van der Waals surface area contributed by atoms with Crippen molar-refractivity contribution in [3.05, 3.63) is 12.7 Å². The van der Waals surface area contributed by atoms with Gasteiger partial charge in [0.25, 0.3) is 5.91 Å². The van der Waals surface area contributed by atoms with Crippen LogP contribution >= 0.6 is 11.8 Å². The van der Waals surface area contributed by atoms with E-state index in [9.17, 15) is 0 Å². The molecule has 0 bridgehead atoms. The molecule has 1 fully saturated rings. The van der Waals surface area contributed by atoms with Crippen molar-refractivity contribution in [1.82, 2.24) is 19.5 Å². The maximum atomic E-state index is 6.48. The van der Waals surface area contributed by atoms with E-state index >= 15 is 0 Å². The van der Waals surface area contributed by atoms with E-state index in [1.807, 2.05) is 4.57 Å². The average Bonchev–Trinajstić information content (AvgIpc) is 2.93. The Bertz CT molecular complexity index is 763. The van der Waals surface area contributed by atoms with Crippen LogP contribution in [-0.4, -0.2) is 46.7 Å². The van der Waals surface area contributed by atoms with E-state index in [0.717, 1.165) is 5.75 Å². The van der Waals surface area contributed by atoms with Crippen LogP contribution in [0.15, 0.2) is 12.7 Å². The number of nitrogen functional groups attached to an aromatic ring is 1. The topological polar surface area (TPSA) is 88.1 Å². The molecular formula is C16H27N5O2SSi. The highest BCUT2D eigenvalue weighted by molar-refractivity contribution is 7.98. The Hall–Kier alpha value is -1.16. The molecule has 7 nitrogen and oxygen atoms in total. The minimum atomic E-state index is -1.40. The summed E-state index contributed by atoms with van der Waals surface area (Å²) in [6.07, 6.45) is 5.39. The zero-order valence-electron chi connectivity index (χ0n) is 15.7. The Morgan fingerprint density at radius 1 is 1.36 bits per heavy atom. The molecule has 25 heavy (non-hydrogen) atoms. The van der Waals surface area contributed by atoms with Gasteiger partial charge in [0.2, 0.25) is 0 Å². The lowest BCUT2D eigenvalue weighted by molar-refractivity contribution is -0.415. The van der Waals surface area contributed by atoms with Gasteiger partial charge in [-0.15, -0.1) is 0 Å². The SMILES string of the molecule is CSC[C@@H]1[C@@H](C(C)(C)C)O[C@]1(O[SiH](C)C)n1cnc2c(N)ncnc21. The molecule has 1 aliphatic rings. The van der Waals surface area contributed by atoms with E-state index in [1.165, 1.54) is 6.33 Å². The Kier molecular flexibility index (Phi) is 4.86. The number of fused-ring (bicyclic) bond motifs is 1. The van der Waals surface area contributed by atoms with Gasteiger partial charge in [0.1, 0.15) is 18.2 Å². The number of anilines is 1. The fraction of sp³-hybridized carbons (Fsp3) is 0.688. The molecule has 0 spiro atoms. The van der Waals surface area contributed by atoms with Crippen molar-refractivity contribution in [3.63, 3.8) is 0 Å². The molecule has 0 saturated carbocycles. The number of aromatic nitrogens is 4. The van der Waals surface area contributed by atoms with Gasteiger partial charge in [-0.05, 0) is 24.8 Å². The van der Waals surface area contributed by atoms with Crippen LogP contribution in [-0.2, 0) is 15.1 Å². The Balaban J connectivity index is 2.12. The van der Waals surface area contributed by atoms with Gasteiger partial charge >= 0.3 is 0 Å². The van der Waals surface area contributed by atoms with Gasteiger partial charge in [-0.25, -0.2) is 15.0 Å². The van der Waals surface area contributed by atoms with Gasteiger partial charge in [0.15, 0.2) is 20.5 Å². The van der Waals surface area contributed by atoms with Gasteiger partial charge in [0, 0.05) is 5.75 Å². The van der Waals surface area contributed by atoms with Crippen molar-refractivity contribution in [1.29, 1.82) is 0 Å². The lowest BCUT2D eigenvalue weighted by Gasteiger charge is -2.58. The van der Waals surface area contributed by atoms with E-state index in [0.29, 0.717) is 17.0 Å². The quantitative estimate of drug-likeness (QED) is 0.796. The molecule has 2 aromatic rings. The predicted octanol–water partition coefficient (Wildman–Crippen LogP) is 2.44. The van der Waals surface area contributed by atoms with Crippen LogP contribution < -0.4 is 5.73 Å². The zero-order chi connectivity index (χ0) is 18.4. The van der Waals surface area contributed by atoms with Crippen LogP contribution in [0.2, 0.25) is 13.1 Å². The second-order valence-electron chi connectivity index (χ2n) is 7.81. The van der Waals surface area contributed by atoms with E-state index in [1.54, 1.807) is 18.1 Å². The molecule has 3 rings (SSSR count). The van der Waals surface area contributed by atoms with Gasteiger partial charge < -0.3 is 14.9 Å². The van der Waals surface area contributed by atoms with Crippen molar-refractivity contribution in [2.24, 2.45) is 11.3 Å². The second-order valence-corrected chi connectivity index (χ2v) is 11.1. The first-order valence-corrected chi connectivity index (χ1v) is 12.7. The molecule has 3 heterocycles. The van der Waals surface area contributed by atoms with Gasteiger partial charge in [-0.3, -0.25) is 4.57 Å². The number of hydrogen-bond acceptors (Lipinski definition) is 7. The van der Waals surface area contributed by atoms with Crippen LogP contribution in [0.3, 0.4) is 0 Å². The van der Waals surface area contributed by atoms with Gasteiger partial charge in [-0.2, -0.15) is 11.8 Å². The molecule has 1 aliphatic heterocycles. The summed E-state index contributed by atoms with van der Waals surface area (Å²) in [5.41, 5.74) is 7.22. The molecule has 0 unspecified atom stereocenters. The fourth-order valence-electron chi connectivity index (χ4n) is 3.45. The highest BCUT2D eigenvalue weighted by Gasteiger charge is 2.62. The molecule has 2 aromatic heterocycles. The van der Waals surface area contributed by atoms with Crippen LogP contribution in [0.4, 0.5) is 5.82 Å². The number of nitrogens with zero attached hydrogens (tertiary/aromatic N) is 4. The molecule has 138 valence electrons. The molecular weight excluding hydrogens is 354 g/mol. The van der Waals surface area contributed by atoms with Crippen molar-refractivity contribution < 1.29 is 9.16 Å². The molecule has 2 N–H and O–H groups in total. The molecule has 0 aromatic carbocycles. The fourth-order valence-corrected chi connectivity index (χ4v) is 5.21. The smallest absolute Gasteiger partial charge is 0.255 e. The molecule has 0 amide bonds. The average molecular weight is 382 g/mol. The second kappa shape index (κ2) is 6.53. The Labute approximate surface area is 154 Å². The van der Waals surface area contributed by atoms with E-state index < -0.39 is 15.0 Å². The summed E-state index contributed by atoms with van der Waals surface area (Å²) < 4.78 is 14.9. The normalized spacial score (nSPS) is 27.0. The molecule has 1 saturated heterocycles. The summed E-state index contributed by atoms with van der Waals surface area (Å²) in [4.78, 5) is 12.8. The number of ether oxygens (including phenoxy) is 1. The first-order chi connectivity index (χ1) is 11.7. The lowest BCUT2D eigenvalue weighted by atomic mass is 9.76. The molecule has 0 radical (unpaired) electrons. The predicted molar refractivity (Wildman–Crippen MR) is 104 cm³/mol. The van der Waals surface area contributed by atoms with Crippen molar-refractivity contribution in [3.8, 4) is 0 Å². The number of rotatable bonds is 5. The molecule has 3 atom stereocenters. The highest BCUT2D eigenvalue weighted by Crippen LogP contribution is 2.52. The van der Waals surface area contributed by atoms with Gasteiger partial charge in [-0.1, -0.05) is 20.8 Å². The van der Waals surface area contributed by atoms with E-state index in [4.69, 9.17) is 14.9 Å². The minimum absolute atomic E-state index is 0.0240. The maximum Gasteiger partial charge on any atom is 0.255 e. The highest BCUT2D eigenvalue weighted by atomic mass is 32.2. The summed E-state index contributed by atoms with van der Waals surface area (Å²) in [6.45, 7) is 10.9. The monoisotopic (exact) mass is 381 g/mol. The summed E-state index contributed by atoms with van der Waals surface area (Å²) in [5.74, 6) is 0.639. The standard InChI is InChI=1S/C16H27N5O2SSi/c1-15(2,3)12-10(7-24-4)16(22-12,23-25(5)6)21-9-20-11-13(17)18-8-19-14(11)21/h8-10,12,25H,7H2,1-6H3,(H2,17,18,19)/t10-,12+,16-/m1/s1. The number of hydrogen-bond donors (Lipinski definition) is 1. The first-order valence-electron chi connectivity index (χ1n) is 8.49. The molecule has 0 aliphatic carbocycles. The van der Waals surface area contributed by atoms with Crippen molar-refractivity contribution in [2.75, 3.05) is 17.7 Å². The maximum absolute atomic E-state index is 6.48. The van der Waals surface area contributed by atoms with Crippen LogP contribution in [0.5, 0.6) is 0 Å². The third-order valence-corrected chi connectivity index (χ3v) is 5.93.